The van der Waals surface area contributed by atoms with E-state index < -0.39 is 36.5 Å². The van der Waals surface area contributed by atoms with Crippen LogP contribution in [0.1, 0.15) is 11.1 Å². The van der Waals surface area contributed by atoms with Gasteiger partial charge in [-0.3, -0.25) is 9.59 Å². The summed E-state index contributed by atoms with van der Waals surface area (Å²) in [6.45, 7) is 0.480. The number of rotatable bonds is 11. The summed E-state index contributed by atoms with van der Waals surface area (Å²) in [5.74, 6) is 0.386. The fourth-order valence-electron chi connectivity index (χ4n) is 5.66. The molecule has 4 aromatic rings. The zero-order valence-electron chi connectivity index (χ0n) is 22.8. The van der Waals surface area contributed by atoms with Crippen LogP contribution in [0.15, 0.2) is 121 Å². The van der Waals surface area contributed by atoms with Crippen LogP contribution < -0.4 is 9.47 Å². The Kier molecular flexibility index (Phi) is 7.90. The molecule has 214 valence electrons. The normalized spacial score (nSPS) is 23.0. The van der Waals surface area contributed by atoms with Gasteiger partial charge in [0.05, 0.1) is 0 Å². The van der Waals surface area contributed by atoms with Gasteiger partial charge in [0.1, 0.15) is 35.8 Å². The van der Waals surface area contributed by atoms with E-state index in [1.165, 1.54) is 9.80 Å². The van der Waals surface area contributed by atoms with Gasteiger partial charge in [0.25, 0.3) is 11.8 Å². The predicted octanol–water partition coefficient (Wildman–Crippen LogP) is 3.43. The minimum Gasteiger partial charge on any atom is -0.478 e. The molecule has 0 bridgehead atoms. The molecule has 6 atom stereocenters. The molecule has 0 radical (unpaired) electrons. The average Bonchev–Trinajstić information content (AvgIpc) is 3.04. The summed E-state index contributed by atoms with van der Waals surface area (Å²) in [4.78, 5) is 29.7. The van der Waals surface area contributed by atoms with Gasteiger partial charge in [0, 0.05) is 13.1 Å². The fourth-order valence-corrected chi connectivity index (χ4v) is 5.66. The first-order valence-corrected chi connectivity index (χ1v) is 14.0. The van der Waals surface area contributed by atoms with E-state index in [-0.39, 0.29) is 24.9 Å². The lowest BCUT2D eigenvalue weighted by Crippen LogP contribution is -2.77. The van der Waals surface area contributed by atoms with Crippen molar-refractivity contribution in [1.82, 2.24) is 9.80 Å². The maximum absolute atomic E-state index is 13.3. The van der Waals surface area contributed by atoms with Gasteiger partial charge in [-0.2, -0.15) is 0 Å². The largest absolute Gasteiger partial charge is 0.478 e. The number of carbonyl (C=O) groups excluding carboxylic acids is 2. The number of amides is 2. The molecule has 0 spiro atoms. The second-order valence-electron chi connectivity index (χ2n) is 10.6. The molecule has 2 aliphatic heterocycles. The van der Waals surface area contributed by atoms with Gasteiger partial charge in [0.15, 0.2) is 12.2 Å². The SMILES string of the molecule is O=C1[C@H](Oc2ccccc2)[C@H]([C@H](O)[C@@H](O)[C@H]2[C@@H](Oc3ccccc3)C(=O)N2Cc2ccccc2)N1Cc1ccccc1. The Morgan fingerprint density at radius 2 is 0.833 bits per heavy atom. The number of hydrogen-bond donors (Lipinski definition) is 2. The van der Waals surface area contributed by atoms with Crippen LogP contribution in [0.5, 0.6) is 11.5 Å². The van der Waals surface area contributed by atoms with Gasteiger partial charge in [-0.15, -0.1) is 0 Å². The van der Waals surface area contributed by atoms with Crippen LogP contribution in [0.25, 0.3) is 0 Å². The standard InChI is InChI=1S/C34H32N2O6/c37-29(27-31(41-25-17-9-3-10-18-25)33(39)35(27)21-23-13-5-1-6-14-23)30(38)28-32(42-26-19-11-4-12-20-26)34(40)36(28)22-24-15-7-2-8-16-24/h1-20,27-32,37-38H,21-22H2/t27-,28-,29-,30-,31+,32+/m0/s1. The topological polar surface area (TPSA) is 99.5 Å². The van der Waals surface area contributed by atoms with Gasteiger partial charge in [-0.05, 0) is 35.4 Å². The number of nitrogens with zero attached hydrogens (tertiary/aromatic N) is 2. The van der Waals surface area contributed by atoms with Crippen molar-refractivity contribution in [1.29, 1.82) is 0 Å². The Hall–Kier alpha value is -4.66. The molecule has 2 saturated heterocycles. The van der Waals surface area contributed by atoms with E-state index >= 15 is 0 Å². The third-order valence-corrected chi connectivity index (χ3v) is 7.85. The van der Waals surface area contributed by atoms with Crippen molar-refractivity contribution in [2.45, 2.75) is 49.6 Å². The van der Waals surface area contributed by atoms with E-state index in [1.807, 2.05) is 72.8 Å². The van der Waals surface area contributed by atoms with Gasteiger partial charge in [-0.25, -0.2) is 0 Å². The van der Waals surface area contributed by atoms with Crippen LogP contribution in [0.3, 0.4) is 0 Å². The molecular weight excluding hydrogens is 532 g/mol. The maximum atomic E-state index is 13.3. The Labute approximate surface area is 244 Å². The lowest BCUT2D eigenvalue weighted by molar-refractivity contribution is -0.199. The third-order valence-electron chi connectivity index (χ3n) is 7.85. The van der Waals surface area contributed by atoms with Crippen molar-refractivity contribution in [3.63, 3.8) is 0 Å². The smallest absolute Gasteiger partial charge is 0.266 e. The van der Waals surface area contributed by atoms with Gasteiger partial charge < -0.3 is 29.5 Å². The number of carbonyl (C=O) groups is 2. The van der Waals surface area contributed by atoms with Crippen LogP contribution >= 0.6 is 0 Å². The van der Waals surface area contributed by atoms with Crippen molar-refractivity contribution < 1.29 is 29.3 Å². The number of para-hydroxylation sites is 2. The number of hydrogen-bond acceptors (Lipinski definition) is 6. The first-order chi connectivity index (χ1) is 20.5. The summed E-state index contributed by atoms with van der Waals surface area (Å²) >= 11 is 0. The highest BCUT2D eigenvalue weighted by Crippen LogP contribution is 2.36. The van der Waals surface area contributed by atoms with Crippen LogP contribution in [0.2, 0.25) is 0 Å². The van der Waals surface area contributed by atoms with Gasteiger partial charge in [-0.1, -0.05) is 97.1 Å². The average molecular weight is 565 g/mol. The lowest BCUT2D eigenvalue weighted by atomic mass is 9.81. The summed E-state index contributed by atoms with van der Waals surface area (Å²) in [6.07, 6.45) is -4.88. The minimum atomic E-state index is -1.43. The minimum absolute atomic E-state index is 0.240. The summed E-state index contributed by atoms with van der Waals surface area (Å²) in [5, 5.41) is 23.4. The number of ether oxygens (including phenoxy) is 2. The summed E-state index contributed by atoms with van der Waals surface area (Å²) < 4.78 is 12.1. The molecule has 6 rings (SSSR count). The number of aliphatic hydroxyl groups is 2. The van der Waals surface area contributed by atoms with Crippen LogP contribution in [0, 0.1) is 0 Å². The van der Waals surface area contributed by atoms with E-state index in [1.54, 1.807) is 48.5 Å². The molecular formula is C34H32N2O6. The van der Waals surface area contributed by atoms with Crippen molar-refractivity contribution >= 4 is 11.8 Å². The molecule has 8 heteroatoms. The van der Waals surface area contributed by atoms with E-state index in [2.05, 4.69) is 0 Å². The van der Waals surface area contributed by atoms with Crippen LogP contribution in [-0.4, -0.2) is 68.3 Å². The van der Waals surface area contributed by atoms with Crippen molar-refractivity contribution in [3.8, 4) is 11.5 Å². The Balaban J connectivity index is 1.28. The van der Waals surface area contributed by atoms with E-state index in [4.69, 9.17) is 9.47 Å². The molecule has 0 aromatic heterocycles. The molecule has 2 fully saturated rings. The molecule has 2 aliphatic rings. The third kappa shape index (κ3) is 5.46. The number of aliphatic hydroxyl groups excluding tert-OH is 2. The fraction of sp³-hybridized carbons (Fsp3) is 0.235. The van der Waals surface area contributed by atoms with Crippen LogP contribution in [-0.2, 0) is 22.7 Å². The van der Waals surface area contributed by atoms with Crippen LogP contribution in [0.4, 0.5) is 0 Å². The zero-order chi connectivity index (χ0) is 29.1. The summed E-state index contributed by atoms with van der Waals surface area (Å²) in [5.41, 5.74) is 1.76. The van der Waals surface area contributed by atoms with Crippen molar-refractivity contribution in [3.05, 3.63) is 132 Å². The van der Waals surface area contributed by atoms with Gasteiger partial charge >= 0.3 is 0 Å². The second kappa shape index (κ2) is 12.1. The molecule has 0 unspecified atom stereocenters. The zero-order valence-corrected chi connectivity index (χ0v) is 22.8. The Morgan fingerprint density at radius 3 is 1.17 bits per heavy atom. The Morgan fingerprint density at radius 1 is 0.524 bits per heavy atom. The highest BCUT2D eigenvalue weighted by Gasteiger charge is 2.60. The lowest BCUT2D eigenvalue weighted by Gasteiger charge is -2.53. The predicted molar refractivity (Wildman–Crippen MR) is 155 cm³/mol. The van der Waals surface area contributed by atoms with E-state index in [0.717, 1.165) is 11.1 Å². The molecule has 2 N–H and O–H groups in total. The molecule has 0 saturated carbocycles. The maximum Gasteiger partial charge on any atom is 0.266 e. The number of β-lactam (4-membered cyclic amide) rings is 2. The highest BCUT2D eigenvalue weighted by molar-refractivity contribution is 5.90. The monoisotopic (exact) mass is 564 g/mol. The van der Waals surface area contributed by atoms with Crippen molar-refractivity contribution in [2.24, 2.45) is 0 Å². The molecule has 0 aliphatic carbocycles. The summed E-state index contributed by atoms with van der Waals surface area (Å²) in [7, 11) is 0. The first-order valence-electron chi connectivity index (χ1n) is 14.0. The van der Waals surface area contributed by atoms with Gasteiger partial charge in [0.2, 0.25) is 0 Å². The molecule has 8 nitrogen and oxygen atoms in total. The van der Waals surface area contributed by atoms with Crippen molar-refractivity contribution in [2.75, 3.05) is 0 Å². The highest BCUT2D eigenvalue weighted by atomic mass is 16.5. The van der Waals surface area contributed by atoms with E-state index in [9.17, 15) is 19.8 Å². The molecule has 2 amide bonds. The summed E-state index contributed by atoms with van der Waals surface area (Å²) in [6, 6.07) is 35.0. The number of likely N-dealkylation sites (tertiary alicyclic amines) is 2. The quantitative estimate of drug-likeness (QED) is 0.271. The Bertz CT molecular complexity index is 1270. The molecule has 42 heavy (non-hydrogen) atoms. The number of benzene rings is 4. The van der Waals surface area contributed by atoms with E-state index in [0.29, 0.717) is 11.5 Å². The second-order valence-corrected chi connectivity index (χ2v) is 10.6. The molecule has 2 heterocycles. The first kappa shape index (κ1) is 27.5. The molecule has 4 aromatic carbocycles.